The number of nitrogens with zero attached hydrogens (tertiary/aromatic N) is 5. The Labute approximate surface area is 204 Å². The molecule has 0 radical (unpaired) electrons. The monoisotopic (exact) mass is 463 g/mol. The van der Waals surface area contributed by atoms with E-state index in [1.807, 2.05) is 37.3 Å². The van der Waals surface area contributed by atoms with Gasteiger partial charge in [0.2, 0.25) is 0 Å². The Morgan fingerprint density at radius 3 is 2.57 bits per heavy atom. The maximum absolute atomic E-state index is 13.0. The number of aromatic nitrogens is 4. The van der Waals surface area contributed by atoms with Gasteiger partial charge < -0.3 is 10.6 Å². The minimum Gasteiger partial charge on any atom is -0.373 e. The Kier molecular flexibility index (Phi) is 6.51. The van der Waals surface area contributed by atoms with E-state index in [4.69, 9.17) is 0 Å². The van der Waals surface area contributed by atoms with Crippen molar-refractivity contribution in [1.82, 2.24) is 19.9 Å². The smallest absolute Gasteiger partial charge is 0.255 e. The third-order valence-electron chi connectivity index (χ3n) is 5.71. The van der Waals surface area contributed by atoms with E-state index >= 15 is 0 Å². The Morgan fingerprint density at radius 1 is 1.00 bits per heavy atom. The first-order valence-electron chi connectivity index (χ1n) is 11.1. The van der Waals surface area contributed by atoms with E-state index in [1.54, 1.807) is 51.6 Å². The molecule has 3 aromatic heterocycles. The van der Waals surface area contributed by atoms with Gasteiger partial charge in [0, 0.05) is 54.1 Å². The Morgan fingerprint density at radius 2 is 1.80 bits per heavy atom. The second kappa shape index (κ2) is 9.69. The van der Waals surface area contributed by atoms with Crippen LogP contribution in [0.4, 0.5) is 11.5 Å². The van der Waals surface area contributed by atoms with Crippen molar-refractivity contribution in [3.63, 3.8) is 0 Å². The number of hydrogen-bond donors (Lipinski definition) is 2. The van der Waals surface area contributed by atoms with Crippen molar-refractivity contribution in [3.05, 3.63) is 84.2 Å². The van der Waals surface area contributed by atoms with Crippen molar-refractivity contribution in [1.29, 1.82) is 5.26 Å². The molecule has 174 valence electrons. The van der Waals surface area contributed by atoms with Crippen LogP contribution in [0.5, 0.6) is 0 Å². The highest BCUT2D eigenvalue weighted by molar-refractivity contribution is 6.04. The molecule has 0 saturated heterocycles. The number of benzene rings is 1. The molecule has 0 saturated carbocycles. The van der Waals surface area contributed by atoms with Crippen molar-refractivity contribution < 1.29 is 4.79 Å². The maximum Gasteiger partial charge on any atom is 0.255 e. The number of nitriles is 1. The van der Waals surface area contributed by atoms with Gasteiger partial charge in [-0.2, -0.15) is 5.26 Å². The van der Waals surface area contributed by atoms with E-state index in [-0.39, 0.29) is 5.91 Å². The lowest BCUT2D eigenvalue weighted by molar-refractivity contribution is 0.102. The fraction of sp³-hybridized carbons (Fsp3) is 0.185. The predicted octanol–water partition coefficient (Wildman–Crippen LogP) is 5.00. The van der Waals surface area contributed by atoms with E-state index in [0.717, 1.165) is 33.8 Å². The molecule has 0 aliphatic rings. The molecular formula is C27H25N7O. The van der Waals surface area contributed by atoms with E-state index in [1.165, 1.54) is 6.33 Å². The van der Waals surface area contributed by atoms with Crippen LogP contribution in [0.2, 0.25) is 0 Å². The summed E-state index contributed by atoms with van der Waals surface area (Å²) in [6, 6.07) is 15.1. The summed E-state index contributed by atoms with van der Waals surface area (Å²) in [6.45, 7) is 5.55. The van der Waals surface area contributed by atoms with Crippen LogP contribution in [0, 0.1) is 18.3 Å². The number of amides is 1. The van der Waals surface area contributed by atoms with E-state index in [9.17, 15) is 10.1 Å². The molecule has 2 N–H and O–H groups in total. The third-order valence-corrected chi connectivity index (χ3v) is 5.71. The van der Waals surface area contributed by atoms with Crippen LogP contribution in [0.15, 0.2) is 67.4 Å². The summed E-state index contributed by atoms with van der Waals surface area (Å²) in [5.74, 6) is 0.448. The molecule has 4 aromatic rings. The van der Waals surface area contributed by atoms with Gasteiger partial charge in [-0.1, -0.05) is 6.07 Å². The van der Waals surface area contributed by atoms with Crippen LogP contribution in [-0.4, -0.2) is 32.9 Å². The number of nitrogens with one attached hydrogen (secondary N) is 2. The fourth-order valence-corrected chi connectivity index (χ4v) is 3.56. The van der Waals surface area contributed by atoms with Gasteiger partial charge in [-0.3, -0.25) is 14.8 Å². The molecule has 0 fully saturated rings. The Hall–Kier alpha value is -4.64. The first-order chi connectivity index (χ1) is 16.8. The zero-order valence-electron chi connectivity index (χ0n) is 20.0. The Balaban J connectivity index is 1.62. The van der Waals surface area contributed by atoms with Crippen molar-refractivity contribution in [2.45, 2.75) is 26.2 Å². The van der Waals surface area contributed by atoms with Crippen LogP contribution in [0.3, 0.4) is 0 Å². The molecule has 8 nitrogen and oxygen atoms in total. The number of hydrogen-bond acceptors (Lipinski definition) is 7. The highest BCUT2D eigenvalue weighted by Crippen LogP contribution is 2.30. The van der Waals surface area contributed by atoms with Gasteiger partial charge in [-0.25, -0.2) is 9.97 Å². The number of pyridine rings is 2. The quantitative estimate of drug-likeness (QED) is 0.413. The predicted molar refractivity (Wildman–Crippen MR) is 136 cm³/mol. The van der Waals surface area contributed by atoms with Crippen LogP contribution in [0.1, 0.15) is 35.5 Å². The molecule has 8 heteroatoms. The molecule has 3 heterocycles. The molecule has 35 heavy (non-hydrogen) atoms. The van der Waals surface area contributed by atoms with Gasteiger partial charge in [0.15, 0.2) is 0 Å². The number of carbonyl (C=O) groups is 1. The average Bonchev–Trinajstić information content (AvgIpc) is 2.90. The van der Waals surface area contributed by atoms with Crippen molar-refractivity contribution >= 4 is 17.4 Å². The first kappa shape index (κ1) is 23.5. The van der Waals surface area contributed by atoms with Gasteiger partial charge in [0.1, 0.15) is 12.1 Å². The van der Waals surface area contributed by atoms with Crippen LogP contribution >= 0.6 is 0 Å². The van der Waals surface area contributed by atoms with E-state index < -0.39 is 5.41 Å². The zero-order chi connectivity index (χ0) is 25.0. The molecule has 4 rings (SSSR count). The number of carbonyl (C=O) groups excluding carboxylic acids is 1. The van der Waals surface area contributed by atoms with Gasteiger partial charge in [-0.15, -0.1) is 0 Å². The highest BCUT2D eigenvalue weighted by atomic mass is 16.1. The molecule has 1 amide bonds. The van der Waals surface area contributed by atoms with E-state index in [2.05, 4.69) is 36.6 Å². The molecule has 0 aliphatic carbocycles. The lowest BCUT2D eigenvalue weighted by Gasteiger charge is -2.15. The largest absolute Gasteiger partial charge is 0.373 e. The van der Waals surface area contributed by atoms with Gasteiger partial charge >= 0.3 is 0 Å². The molecular weight excluding hydrogens is 438 g/mol. The number of rotatable bonds is 6. The summed E-state index contributed by atoms with van der Waals surface area (Å²) in [7, 11) is 1.81. The third kappa shape index (κ3) is 5.14. The topological polar surface area (TPSA) is 116 Å². The second-order valence-corrected chi connectivity index (χ2v) is 8.65. The number of aryl methyl sites for hydroxylation is 1. The molecule has 0 spiro atoms. The fourth-order valence-electron chi connectivity index (χ4n) is 3.56. The van der Waals surface area contributed by atoms with Crippen LogP contribution in [-0.2, 0) is 5.41 Å². The van der Waals surface area contributed by atoms with Gasteiger partial charge in [0.05, 0.1) is 22.9 Å². The first-order valence-corrected chi connectivity index (χ1v) is 11.1. The molecule has 1 aromatic carbocycles. The number of anilines is 2. The summed E-state index contributed by atoms with van der Waals surface area (Å²) in [4.78, 5) is 30.2. The van der Waals surface area contributed by atoms with Crippen LogP contribution in [0.25, 0.3) is 22.4 Å². The standard InChI is InChI=1S/C27H25N7O/c1-17-5-6-21(34-26(35)18-7-8-31-24(10-18)27(2,3)15-28)11-22(17)19-9-20(14-30-13-19)23-12-25(29-4)33-16-32-23/h5-14,16H,1-4H3,(H,34,35)(H,29,32,33). The lowest BCUT2D eigenvalue weighted by atomic mass is 9.90. The average molecular weight is 464 g/mol. The second-order valence-electron chi connectivity index (χ2n) is 8.65. The molecule has 0 unspecified atom stereocenters. The van der Waals surface area contributed by atoms with E-state index in [0.29, 0.717) is 16.9 Å². The highest BCUT2D eigenvalue weighted by Gasteiger charge is 2.22. The normalized spacial score (nSPS) is 10.9. The summed E-state index contributed by atoms with van der Waals surface area (Å²) in [5, 5.41) is 15.4. The SMILES string of the molecule is CNc1cc(-c2cncc(-c3cc(NC(=O)c4ccnc(C(C)(C)C#N)c4)ccc3C)c2)ncn1. The molecule has 0 bridgehead atoms. The Bertz CT molecular complexity index is 1440. The molecule has 0 aliphatic heterocycles. The summed E-state index contributed by atoms with van der Waals surface area (Å²) >= 11 is 0. The summed E-state index contributed by atoms with van der Waals surface area (Å²) < 4.78 is 0. The minimum absolute atomic E-state index is 0.273. The summed E-state index contributed by atoms with van der Waals surface area (Å²) in [5.41, 5.74) is 5.36. The van der Waals surface area contributed by atoms with Crippen LogP contribution < -0.4 is 10.6 Å². The lowest BCUT2D eigenvalue weighted by Crippen LogP contribution is -2.18. The van der Waals surface area contributed by atoms with Crippen molar-refractivity contribution in [2.75, 3.05) is 17.7 Å². The van der Waals surface area contributed by atoms with Crippen molar-refractivity contribution in [3.8, 4) is 28.5 Å². The van der Waals surface area contributed by atoms with Gasteiger partial charge in [0.25, 0.3) is 5.91 Å². The maximum atomic E-state index is 13.0. The van der Waals surface area contributed by atoms with Crippen molar-refractivity contribution in [2.24, 2.45) is 0 Å². The summed E-state index contributed by atoms with van der Waals surface area (Å²) in [6.07, 6.45) is 6.61. The van der Waals surface area contributed by atoms with Gasteiger partial charge in [-0.05, 0) is 62.2 Å². The molecule has 0 atom stereocenters. The zero-order valence-corrected chi connectivity index (χ0v) is 20.0. The minimum atomic E-state index is -0.789.